The number of carbonyl (C=O) groups is 2. The van der Waals surface area contributed by atoms with Crippen molar-refractivity contribution in [3.63, 3.8) is 0 Å². The van der Waals surface area contributed by atoms with Crippen molar-refractivity contribution in [1.82, 2.24) is 14.9 Å². The van der Waals surface area contributed by atoms with E-state index in [1.807, 2.05) is 36.4 Å². The van der Waals surface area contributed by atoms with Gasteiger partial charge in [-0.2, -0.15) is 0 Å². The summed E-state index contributed by atoms with van der Waals surface area (Å²) in [6.45, 7) is 3.73. The van der Waals surface area contributed by atoms with Gasteiger partial charge in [0.2, 0.25) is 0 Å². The third-order valence-electron chi connectivity index (χ3n) is 5.07. The van der Waals surface area contributed by atoms with E-state index in [9.17, 15) is 14.7 Å². The van der Waals surface area contributed by atoms with E-state index < -0.39 is 17.7 Å². The minimum atomic E-state index is -0.666. The minimum absolute atomic E-state index is 0.153. The van der Waals surface area contributed by atoms with Crippen LogP contribution in [-0.4, -0.2) is 31.7 Å². The molecule has 1 aliphatic heterocycles. The number of hydrogen-bond acceptors (Lipinski definition) is 4. The Kier molecular flexibility index (Phi) is 4.47. The summed E-state index contributed by atoms with van der Waals surface area (Å²) in [7, 11) is 0. The Labute approximate surface area is 162 Å². The lowest BCUT2D eigenvalue weighted by atomic mass is 9.91. The van der Waals surface area contributed by atoms with Crippen LogP contribution in [0.2, 0.25) is 0 Å². The van der Waals surface area contributed by atoms with Gasteiger partial charge in [-0.15, -0.1) is 0 Å². The van der Waals surface area contributed by atoms with Gasteiger partial charge in [0.1, 0.15) is 0 Å². The second-order valence-corrected chi connectivity index (χ2v) is 7.23. The van der Waals surface area contributed by atoms with Crippen molar-refractivity contribution in [1.29, 1.82) is 0 Å². The molecule has 3 aromatic rings. The number of aliphatic hydroxyl groups is 1. The molecule has 0 saturated heterocycles. The number of pyridine rings is 1. The summed E-state index contributed by atoms with van der Waals surface area (Å²) in [4.78, 5) is 34.8. The fourth-order valence-corrected chi connectivity index (χ4v) is 3.69. The molecule has 0 fully saturated rings. The van der Waals surface area contributed by atoms with Crippen LogP contribution in [-0.2, 0) is 16.1 Å². The number of H-pyrrole nitrogens is 1. The highest BCUT2D eigenvalue weighted by Gasteiger charge is 2.44. The van der Waals surface area contributed by atoms with Crippen LogP contribution in [0.3, 0.4) is 0 Å². The number of hydrogen-bond donors (Lipinski definition) is 2. The van der Waals surface area contributed by atoms with Crippen LogP contribution in [0, 0.1) is 5.92 Å². The van der Waals surface area contributed by atoms with E-state index in [1.165, 1.54) is 4.90 Å². The molecular weight excluding hydrogens is 354 g/mol. The van der Waals surface area contributed by atoms with Crippen molar-refractivity contribution in [2.24, 2.45) is 5.92 Å². The highest BCUT2D eigenvalue weighted by Crippen LogP contribution is 2.42. The van der Waals surface area contributed by atoms with Gasteiger partial charge in [-0.3, -0.25) is 14.6 Å². The number of amides is 1. The van der Waals surface area contributed by atoms with Gasteiger partial charge in [0, 0.05) is 34.8 Å². The Balaban J connectivity index is 1.86. The predicted octanol–water partition coefficient (Wildman–Crippen LogP) is 3.68. The molecule has 2 N–H and O–H groups in total. The fraction of sp³-hybridized carbons (Fsp3) is 0.227. The van der Waals surface area contributed by atoms with Gasteiger partial charge in [-0.25, -0.2) is 0 Å². The van der Waals surface area contributed by atoms with Crippen LogP contribution in [0.5, 0.6) is 0 Å². The standard InChI is InChI=1S/C22H21N3O3/c1-13(2)20(26)18-19(16-11-24-17-9-4-3-8-15(16)17)25(22(28)21(18)27)12-14-7-5-6-10-23-14/h3-11,13,19,24,27H,12H2,1-2H3. The summed E-state index contributed by atoms with van der Waals surface area (Å²) in [6.07, 6.45) is 3.46. The Morgan fingerprint density at radius 3 is 2.68 bits per heavy atom. The Bertz CT molecular complexity index is 1080. The zero-order chi connectivity index (χ0) is 19.8. The van der Waals surface area contributed by atoms with Gasteiger partial charge in [0.15, 0.2) is 11.5 Å². The van der Waals surface area contributed by atoms with Crippen LogP contribution >= 0.6 is 0 Å². The number of aromatic amines is 1. The molecule has 1 aromatic carbocycles. The summed E-state index contributed by atoms with van der Waals surface area (Å²) in [6, 6.07) is 12.5. The summed E-state index contributed by atoms with van der Waals surface area (Å²) in [5, 5.41) is 11.5. The smallest absolute Gasteiger partial charge is 0.290 e. The van der Waals surface area contributed by atoms with Crippen LogP contribution in [0.15, 0.2) is 66.2 Å². The number of para-hydroxylation sites is 1. The molecule has 0 bridgehead atoms. The maximum absolute atomic E-state index is 12.9. The van der Waals surface area contributed by atoms with Gasteiger partial charge in [0.05, 0.1) is 23.9 Å². The molecule has 0 aliphatic carbocycles. The maximum atomic E-state index is 12.9. The lowest BCUT2D eigenvalue weighted by Gasteiger charge is -2.26. The third-order valence-corrected chi connectivity index (χ3v) is 5.07. The van der Waals surface area contributed by atoms with Crippen LogP contribution in [0.4, 0.5) is 0 Å². The van der Waals surface area contributed by atoms with E-state index in [0.29, 0.717) is 5.69 Å². The summed E-state index contributed by atoms with van der Waals surface area (Å²) in [5.41, 5.74) is 2.53. The average Bonchev–Trinajstić information content (AvgIpc) is 3.22. The first-order valence-corrected chi connectivity index (χ1v) is 9.23. The molecule has 1 amide bonds. The van der Waals surface area contributed by atoms with Gasteiger partial charge in [0.25, 0.3) is 5.91 Å². The first kappa shape index (κ1) is 18.0. The van der Waals surface area contributed by atoms with Crippen molar-refractivity contribution in [2.75, 3.05) is 0 Å². The Morgan fingerprint density at radius 2 is 1.96 bits per heavy atom. The van der Waals surface area contributed by atoms with Crippen molar-refractivity contribution < 1.29 is 14.7 Å². The first-order valence-electron chi connectivity index (χ1n) is 9.23. The number of Topliss-reactive ketones (excluding diaryl/α,β-unsaturated/α-hetero) is 1. The van der Waals surface area contributed by atoms with Gasteiger partial charge < -0.3 is 15.0 Å². The van der Waals surface area contributed by atoms with Crippen molar-refractivity contribution in [3.05, 3.63) is 77.4 Å². The number of fused-ring (bicyclic) bond motifs is 1. The molecule has 0 saturated carbocycles. The first-order chi connectivity index (χ1) is 13.5. The average molecular weight is 375 g/mol. The van der Waals surface area contributed by atoms with Crippen LogP contribution in [0.1, 0.15) is 31.1 Å². The topological polar surface area (TPSA) is 86.3 Å². The lowest BCUT2D eigenvalue weighted by Crippen LogP contribution is -2.31. The van der Waals surface area contributed by atoms with Crippen molar-refractivity contribution >= 4 is 22.6 Å². The highest BCUT2D eigenvalue weighted by atomic mass is 16.3. The number of benzene rings is 1. The molecule has 1 unspecified atom stereocenters. The zero-order valence-electron chi connectivity index (χ0n) is 15.7. The van der Waals surface area contributed by atoms with Crippen molar-refractivity contribution in [3.8, 4) is 0 Å². The lowest BCUT2D eigenvalue weighted by molar-refractivity contribution is -0.130. The Morgan fingerprint density at radius 1 is 1.21 bits per heavy atom. The summed E-state index contributed by atoms with van der Waals surface area (Å²) < 4.78 is 0. The van der Waals surface area contributed by atoms with E-state index in [-0.39, 0.29) is 23.8 Å². The molecule has 1 aliphatic rings. The molecule has 28 heavy (non-hydrogen) atoms. The maximum Gasteiger partial charge on any atom is 0.290 e. The van der Waals surface area contributed by atoms with Gasteiger partial charge in [-0.1, -0.05) is 38.1 Å². The molecule has 6 nitrogen and oxygen atoms in total. The van der Waals surface area contributed by atoms with Gasteiger partial charge >= 0.3 is 0 Å². The number of nitrogens with zero attached hydrogens (tertiary/aromatic N) is 2. The Hall–Kier alpha value is -3.41. The molecule has 0 radical (unpaired) electrons. The zero-order valence-corrected chi connectivity index (χ0v) is 15.7. The monoisotopic (exact) mass is 375 g/mol. The normalized spacial score (nSPS) is 17.2. The number of ketones is 1. The minimum Gasteiger partial charge on any atom is -0.503 e. The van der Waals surface area contributed by atoms with Crippen LogP contribution < -0.4 is 0 Å². The quantitative estimate of drug-likeness (QED) is 0.712. The number of nitrogens with one attached hydrogen (secondary N) is 1. The molecular formula is C22H21N3O3. The molecule has 142 valence electrons. The van der Waals surface area contributed by atoms with Gasteiger partial charge in [-0.05, 0) is 18.2 Å². The van der Waals surface area contributed by atoms with Crippen LogP contribution in [0.25, 0.3) is 10.9 Å². The molecule has 4 rings (SSSR count). The largest absolute Gasteiger partial charge is 0.503 e. The number of carbonyl (C=O) groups excluding carboxylic acids is 2. The van der Waals surface area contributed by atoms with E-state index >= 15 is 0 Å². The highest BCUT2D eigenvalue weighted by molar-refractivity contribution is 6.10. The molecule has 1 atom stereocenters. The number of aromatic nitrogens is 2. The second kappa shape index (κ2) is 6.96. The number of aliphatic hydroxyl groups excluding tert-OH is 1. The summed E-state index contributed by atoms with van der Waals surface area (Å²) in [5.74, 6) is -1.59. The van der Waals surface area contributed by atoms with E-state index in [0.717, 1.165) is 16.5 Å². The molecule has 3 heterocycles. The van der Waals surface area contributed by atoms with E-state index in [1.54, 1.807) is 32.3 Å². The second-order valence-electron chi connectivity index (χ2n) is 7.23. The van der Waals surface area contributed by atoms with Crippen molar-refractivity contribution in [2.45, 2.75) is 26.4 Å². The predicted molar refractivity (Wildman–Crippen MR) is 105 cm³/mol. The number of rotatable bonds is 5. The van der Waals surface area contributed by atoms with E-state index in [2.05, 4.69) is 9.97 Å². The molecule has 6 heteroatoms. The third kappa shape index (κ3) is 2.87. The molecule has 0 spiro atoms. The summed E-state index contributed by atoms with van der Waals surface area (Å²) >= 11 is 0. The van der Waals surface area contributed by atoms with E-state index in [4.69, 9.17) is 0 Å². The fourth-order valence-electron chi connectivity index (χ4n) is 3.69. The molecule has 2 aromatic heterocycles. The SMILES string of the molecule is CC(C)C(=O)C1=C(O)C(=O)N(Cc2ccccn2)C1c1c[nH]c2ccccc12.